The van der Waals surface area contributed by atoms with E-state index >= 15 is 0 Å². The SMILES string of the molecule is O=C(Cc1coc2cc3c(cc12)CCC3)OCCN1CCCC1=O. The number of ether oxygens (including phenoxy) is 1. The minimum Gasteiger partial charge on any atom is -0.464 e. The van der Waals surface area contributed by atoms with Gasteiger partial charge in [0.25, 0.3) is 0 Å². The molecule has 126 valence electrons. The number of carbonyl (C=O) groups is 2. The summed E-state index contributed by atoms with van der Waals surface area (Å²) in [6.07, 6.45) is 6.78. The highest BCUT2D eigenvalue weighted by Crippen LogP contribution is 2.30. The zero-order valence-corrected chi connectivity index (χ0v) is 13.7. The first kappa shape index (κ1) is 15.2. The van der Waals surface area contributed by atoms with E-state index in [1.165, 1.54) is 17.5 Å². The van der Waals surface area contributed by atoms with Crippen molar-refractivity contribution < 1.29 is 18.7 Å². The van der Waals surface area contributed by atoms with Crippen LogP contribution in [0.1, 0.15) is 36.0 Å². The van der Waals surface area contributed by atoms with Crippen molar-refractivity contribution in [1.82, 2.24) is 4.90 Å². The smallest absolute Gasteiger partial charge is 0.310 e. The topological polar surface area (TPSA) is 59.8 Å². The second-order valence-corrected chi connectivity index (χ2v) is 6.61. The monoisotopic (exact) mass is 327 g/mol. The molecule has 2 heterocycles. The molecule has 0 atom stereocenters. The maximum Gasteiger partial charge on any atom is 0.310 e. The molecule has 0 saturated carbocycles. The average molecular weight is 327 g/mol. The number of hydrogen-bond acceptors (Lipinski definition) is 4. The van der Waals surface area contributed by atoms with Crippen molar-refractivity contribution in [3.63, 3.8) is 0 Å². The quantitative estimate of drug-likeness (QED) is 0.792. The van der Waals surface area contributed by atoms with Gasteiger partial charge in [0.1, 0.15) is 12.2 Å². The Morgan fingerprint density at radius 3 is 2.79 bits per heavy atom. The van der Waals surface area contributed by atoms with E-state index in [9.17, 15) is 9.59 Å². The maximum atomic E-state index is 12.1. The molecule has 1 aromatic heterocycles. The van der Waals surface area contributed by atoms with Gasteiger partial charge in [-0.05, 0) is 48.9 Å². The number of rotatable bonds is 5. The Balaban J connectivity index is 1.37. The Morgan fingerprint density at radius 1 is 1.17 bits per heavy atom. The second-order valence-electron chi connectivity index (χ2n) is 6.61. The molecule has 4 rings (SSSR count). The minimum absolute atomic E-state index is 0.153. The standard InChI is InChI=1S/C19H21NO4/c21-18-5-2-6-20(18)7-8-23-19(22)11-15-12-24-17-10-14-4-1-3-13(14)9-16(15)17/h9-10,12H,1-8,11H2. The Morgan fingerprint density at radius 2 is 2.00 bits per heavy atom. The fraction of sp³-hybridized carbons (Fsp3) is 0.474. The molecule has 1 saturated heterocycles. The molecule has 5 heteroatoms. The van der Waals surface area contributed by atoms with Crippen molar-refractivity contribution >= 4 is 22.8 Å². The first-order chi connectivity index (χ1) is 11.7. The lowest BCUT2D eigenvalue weighted by Gasteiger charge is -2.15. The zero-order chi connectivity index (χ0) is 16.5. The average Bonchev–Trinajstić information content (AvgIpc) is 3.27. The van der Waals surface area contributed by atoms with Crippen molar-refractivity contribution in [3.8, 4) is 0 Å². The fourth-order valence-corrected chi connectivity index (χ4v) is 3.70. The molecule has 1 amide bonds. The first-order valence-corrected chi connectivity index (χ1v) is 8.66. The molecule has 2 aliphatic rings. The summed E-state index contributed by atoms with van der Waals surface area (Å²) in [5, 5.41) is 1.02. The number of hydrogen-bond donors (Lipinski definition) is 0. The predicted molar refractivity (Wildman–Crippen MR) is 88.7 cm³/mol. The van der Waals surface area contributed by atoms with Gasteiger partial charge in [0.05, 0.1) is 19.2 Å². The summed E-state index contributed by atoms with van der Waals surface area (Å²) in [7, 11) is 0. The molecule has 24 heavy (non-hydrogen) atoms. The third-order valence-corrected chi connectivity index (χ3v) is 5.00. The Bertz CT molecular complexity index is 792. The summed E-state index contributed by atoms with van der Waals surface area (Å²) in [4.78, 5) is 25.3. The van der Waals surface area contributed by atoms with Gasteiger partial charge in [0, 0.05) is 23.9 Å². The summed E-state index contributed by atoms with van der Waals surface area (Å²) in [5.74, 6) is -0.120. The van der Waals surface area contributed by atoms with E-state index in [1.807, 2.05) is 0 Å². The molecular formula is C19H21NO4. The van der Waals surface area contributed by atoms with Gasteiger partial charge in [0.2, 0.25) is 5.91 Å². The number of likely N-dealkylation sites (tertiary alicyclic amines) is 1. The number of carbonyl (C=O) groups excluding carboxylic acids is 2. The zero-order valence-electron chi connectivity index (χ0n) is 13.7. The summed E-state index contributed by atoms with van der Waals surface area (Å²) >= 11 is 0. The molecule has 5 nitrogen and oxygen atoms in total. The van der Waals surface area contributed by atoms with Gasteiger partial charge in [-0.25, -0.2) is 0 Å². The molecule has 0 bridgehead atoms. The normalized spacial score (nSPS) is 16.8. The lowest BCUT2D eigenvalue weighted by molar-refractivity contribution is -0.144. The van der Waals surface area contributed by atoms with Crippen LogP contribution in [0.5, 0.6) is 0 Å². The maximum absolute atomic E-state index is 12.1. The highest BCUT2D eigenvalue weighted by Gasteiger charge is 2.20. The summed E-state index contributed by atoms with van der Waals surface area (Å²) in [6.45, 7) is 1.52. The number of furan rings is 1. The van der Waals surface area contributed by atoms with E-state index in [2.05, 4.69) is 12.1 Å². The van der Waals surface area contributed by atoms with Crippen LogP contribution < -0.4 is 0 Å². The summed E-state index contributed by atoms with van der Waals surface area (Å²) in [6, 6.07) is 4.26. The molecular weight excluding hydrogens is 306 g/mol. The van der Waals surface area contributed by atoms with Gasteiger partial charge in [0.15, 0.2) is 0 Å². The molecule has 1 aromatic carbocycles. The van der Waals surface area contributed by atoms with Crippen LogP contribution in [0.3, 0.4) is 0 Å². The highest BCUT2D eigenvalue weighted by molar-refractivity contribution is 5.87. The third kappa shape index (κ3) is 2.90. The van der Waals surface area contributed by atoms with Crippen molar-refractivity contribution in [1.29, 1.82) is 0 Å². The lowest BCUT2D eigenvalue weighted by atomic mass is 10.0. The molecule has 1 aliphatic heterocycles. The van der Waals surface area contributed by atoms with Gasteiger partial charge in [-0.15, -0.1) is 0 Å². The summed E-state index contributed by atoms with van der Waals surface area (Å²) < 4.78 is 10.9. The highest BCUT2D eigenvalue weighted by atomic mass is 16.5. The minimum atomic E-state index is -0.273. The number of amides is 1. The van der Waals surface area contributed by atoms with Crippen LogP contribution in [0.15, 0.2) is 22.8 Å². The second kappa shape index (κ2) is 6.30. The van der Waals surface area contributed by atoms with E-state index in [0.29, 0.717) is 13.0 Å². The van der Waals surface area contributed by atoms with Gasteiger partial charge >= 0.3 is 5.97 Å². The molecule has 0 spiro atoms. The van der Waals surface area contributed by atoms with Crippen molar-refractivity contribution in [3.05, 3.63) is 35.1 Å². The number of aryl methyl sites for hydroxylation is 2. The molecule has 0 N–H and O–H groups in total. The number of fused-ring (bicyclic) bond motifs is 2. The Kier molecular flexibility index (Phi) is 4.00. The van der Waals surface area contributed by atoms with Crippen LogP contribution >= 0.6 is 0 Å². The van der Waals surface area contributed by atoms with Crippen LogP contribution in [-0.4, -0.2) is 36.5 Å². The summed E-state index contributed by atoms with van der Waals surface area (Å²) in [5.41, 5.74) is 4.45. The van der Waals surface area contributed by atoms with E-state index in [0.717, 1.165) is 42.3 Å². The van der Waals surface area contributed by atoms with Crippen LogP contribution in [0.25, 0.3) is 11.0 Å². The fourth-order valence-electron chi connectivity index (χ4n) is 3.70. The molecule has 1 aliphatic carbocycles. The van der Waals surface area contributed by atoms with Crippen LogP contribution in [0.4, 0.5) is 0 Å². The van der Waals surface area contributed by atoms with Crippen LogP contribution in [-0.2, 0) is 33.6 Å². The van der Waals surface area contributed by atoms with Crippen molar-refractivity contribution in [2.24, 2.45) is 0 Å². The van der Waals surface area contributed by atoms with Crippen LogP contribution in [0, 0.1) is 0 Å². The van der Waals surface area contributed by atoms with E-state index in [4.69, 9.17) is 9.15 Å². The van der Waals surface area contributed by atoms with Crippen molar-refractivity contribution in [2.75, 3.05) is 19.7 Å². The molecule has 1 fully saturated rings. The van der Waals surface area contributed by atoms with E-state index in [-0.39, 0.29) is 24.9 Å². The first-order valence-electron chi connectivity index (χ1n) is 8.66. The van der Waals surface area contributed by atoms with Crippen LogP contribution in [0.2, 0.25) is 0 Å². The molecule has 2 aromatic rings. The van der Waals surface area contributed by atoms with Gasteiger partial charge < -0.3 is 14.1 Å². The van der Waals surface area contributed by atoms with Gasteiger partial charge in [-0.1, -0.05) is 0 Å². The molecule has 0 unspecified atom stereocenters. The largest absolute Gasteiger partial charge is 0.464 e. The number of esters is 1. The van der Waals surface area contributed by atoms with Gasteiger partial charge in [-0.2, -0.15) is 0 Å². The van der Waals surface area contributed by atoms with E-state index in [1.54, 1.807) is 11.2 Å². The lowest BCUT2D eigenvalue weighted by Crippen LogP contribution is -2.29. The molecule has 0 radical (unpaired) electrons. The van der Waals surface area contributed by atoms with E-state index < -0.39 is 0 Å². The number of nitrogens with zero attached hydrogens (tertiary/aromatic N) is 1. The predicted octanol–water partition coefficient (Wildman–Crippen LogP) is 2.63. The van der Waals surface area contributed by atoms with Crippen molar-refractivity contribution in [2.45, 2.75) is 38.5 Å². The Hall–Kier alpha value is -2.30. The third-order valence-electron chi connectivity index (χ3n) is 5.00. The van der Waals surface area contributed by atoms with Gasteiger partial charge in [-0.3, -0.25) is 9.59 Å². The Labute approximate surface area is 140 Å². The number of benzene rings is 1.